The van der Waals surface area contributed by atoms with Gasteiger partial charge in [0.1, 0.15) is 30.3 Å². The third kappa shape index (κ3) is 6.09. The van der Waals surface area contributed by atoms with E-state index < -0.39 is 17.5 Å². The Labute approximate surface area is 230 Å². The molecular formula is C29H31F2N5O4. The van der Waals surface area contributed by atoms with Crippen molar-refractivity contribution in [2.24, 2.45) is 5.73 Å². The first-order chi connectivity index (χ1) is 19.1. The number of nitrogens with two attached hydrogens (primary N) is 2. The summed E-state index contributed by atoms with van der Waals surface area (Å²) in [5, 5.41) is 0. The zero-order valence-corrected chi connectivity index (χ0v) is 22.5. The maximum atomic E-state index is 15.7. The number of nitrogens with zero attached hydrogens (tertiary/aromatic N) is 3. The molecule has 0 saturated heterocycles. The first kappa shape index (κ1) is 28.6. The molecule has 1 aliphatic rings. The van der Waals surface area contributed by atoms with E-state index in [1.807, 2.05) is 0 Å². The van der Waals surface area contributed by atoms with Crippen LogP contribution in [-0.2, 0) is 9.53 Å². The standard InChI is InChI=1S/C29H31F2N5O4/c1-16-21(24-19(17-6-7-17)8-9-20(25(24)31)29(33)38)13-18(30)14-22(16)26-27(28(32)35-15-34-26)40-12-10-36(2)23(37)5-4-11-39-3/h4-5,8-9,13-15,17H,6-7,10-12H2,1-3H3,(H2,33,38)(H2,32,34,35). The number of carbonyl (C=O) groups excluding carboxylic acids is 2. The average molecular weight is 552 g/mol. The van der Waals surface area contributed by atoms with E-state index in [9.17, 15) is 9.59 Å². The maximum absolute atomic E-state index is 15.7. The summed E-state index contributed by atoms with van der Waals surface area (Å²) >= 11 is 0. The lowest BCUT2D eigenvalue weighted by molar-refractivity contribution is -0.125. The van der Waals surface area contributed by atoms with Crippen LogP contribution in [0.1, 0.15) is 40.2 Å². The van der Waals surface area contributed by atoms with Gasteiger partial charge in [0.2, 0.25) is 5.91 Å². The molecule has 1 saturated carbocycles. The highest BCUT2D eigenvalue weighted by Crippen LogP contribution is 2.47. The van der Waals surface area contributed by atoms with Gasteiger partial charge in [-0.05, 0) is 60.6 Å². The van der Waals surface area contributed by atoms with Gasteiger partial charge in [-0.25, -0.2) is 18.7 Å². The smallest absolute Gasteiger partial charge is 0.251 e. The molecule has 40 heavy (non-hydrogen) atoms. The Morgan fingerprint density at radius 3 is 2.58 bits per heavy atom. The van der Waals surface area contributed by atoms with Crippen LogP contribution in [0.5, 0.6) is 5.75 Å². The summed E-state index contributed by atoms with van der Waals surface area (Å²) in [5.41, 5.74) is 13.4. The van der Waals surface area contributed by atoms with Crippen molar-refractivity contribution in [3.63, 3.8) is 0 Å². The minimum absolute atomic E-state index is 0.0183. The SMILES string of the molecule is COCC=CC(=O)N(C)CCOc1c(N)ncnc1-c1cc(F)cc(-c2c(C3CC3)ccc(C(N)=O)c2F)c1C. The van der Waals surface area contributed by atoms with Crippen LogP contribution in [-0.4, -0.2) is 60.6 Å². The fraction of sp³-hybridized carbons (Fsp3) is 0.310. The predicted molar refractivity (Wildman–Crippen MR) is 147 cm³/mol. The van der Waals surface area contributed by atoms with Crippen molar-refractivity contribution in [3.8, 4) is 28.1 Å². The highest BCUT2D eigenvalue weighted by Gasteiger charge is 2.31. The largest absolute Gasteiger partial charge is 0.486 e. The number of primary amides is 1. The average Bonchev–Trinajstić information content (AvgIpc) is 3.76. The molecule has 11 heteroatoms. The molecule has 1 aliphatic carbocycles. The summed E-state index contributed by atoms with van der Waals surface area (Å²) in [6.45, 7) is 2.28. The molecule has 1 heterocycles. The number of hydrogen-bond donors (Lipinski definition) is 2. The molecular weight excluding hydrogens is 520 g/mol. The van der Waals surface area contributed by atoms with Gasteiger partial charge in [0.25, 0.3) is 5.91 Å². The van der Waals surface area contributed by atoms with Crippen molar-refractivity contribution in [2.45, 2.75) is 25.7 Å². The molecule has 2 aromatic carbocycles. The lowest BCUT2D eigenvalue weighted by Gasteiger charge is -2.20. The molecule has 1 aromatic heterocycles. The van der Waals surface area contributed by atoms with Gasteiger partial charge in [0.05, 0.1) is 18.7 Å². The number of benzene rings is 2. The first-order valence-corrected chi connectivity index (χ1v) is 12.7. The number of hydrogen-bond acceptors (Lipinski definition) is 7. The minimum atomic E-state index is -0.910. The molecule has 0 radical (unpaired) electrons. The number of likely N-dealkylation sites (N-methyl/N-ethyl adjacent to an activating group) is 1. The van der Waals surface area contributed by atoms with Gasteiger partial charge in [-0.2, -0.15) is 0 Å². The van der Waals surface area contributed by atoms with Crippen molar-refractivity contribution in [3.05, 3.63) is 71.1 Å². The third-order valence-electron chi connectivity index (χ3n) is 6.76. The summed E-state index contributed by atoms with van der Waals surface area (Å²) < 4.78 is 41.7. The zero-order chi connectivity index (χ0) is 29.0. The Hall–Kier alpha value is -4.38. The highest BCUT2D eigenvalue weighted by atomic mass is 19.1. The monoisotopic (exact) mass is 551 g/mol. The Bertz CT molecular complexity index is 1470. The number of amides is 2. The van der Waals surface area contributed by atoms with Crippen LogP contribution < -0.4 is 16.2 Å². The molecule has 3 aromatic rings. The molecule has 1 fully saturated rings. The molecule has 0 aliphatic heterocycles. The van der Waals surface area contributed by atoms with E-state index >= 15 is 8.78 Å². The van der Waals surface area contributed by atoms with Crippen LogP contribution in [0.3, 0.4) is 0 Å². The normalized spacial score (nSPS) is 13.0. The highest BCUT2D eigenvalue weighted by molar-refractivity contribution is 5.95. The van der Waals surface area contributed by atoms with Gasteiger partial charge in [-0.3, -0.25) is 9.59 Å². The van der Waals surface area contributed by atoms with Crippen LogP contribution in [0.15, 0.2) is 42.7 Å². The fourth-order valence-electron chi connectivity index (χ4n) is 4.46. The van der Waals surface area contributed by atoms with Crippen LogP contribution in [0.25, 0.3) is 22.4 Å². The number of anilines is 1. The van der Waals surface area contributed by atoms with E-state index in [0.29, 0.717) is 23.3 Å². The van der Waals surface area contributed by atoms with Crippen molar-refractivity contribution >= 4 is 17.6 Å². The van der Waals surface area contributed by atoms with Crippen molar-refractivity contribution in [1.82, 2.24) is 14.9 Å². The van der Waals surface area contributed by atoms with Crippen LogP contribution in [0.4, 0.5) is 14.6 Å². The fourth-order valence-corrected chi connectivity index (χ4v) is 4.46. The Morgan fingerprint density at radius 1 is 1.18 bits per heavy atom. The van der Waals surface area contributed by atoms with Crippen LogP contribution in [0.2, 0.25) is 0 Å². The molecule has 0 bridgehead atoms. The van der Waals surface area contributed by atoms with E-state index in [-0.39, 0.29) is 58.9 Å². The minimum Gasteiger partial charge on any atom is -0.486 e. The quantitative estimate of drug-likeness (QED) is 0.344. The van der Waals surface area contributed by atoms with E-state index in [2.05, 4.69) is 9.97 Å². The summed E-state index contributed by atoms with van der Waals surface area (Å²) in [4.78, 5) is 33.9. The van der Waals surface area contributed by atoms with Gasteiger partial charge >= 0.3 is 0 Å². The molecule has 2 amide bonds. The second-order valence-electron chi connectivity index (χ2n) is 9.56. The number of carbonyl (C=O) groups is 2. The molecule has 4 N–H and O–H groups in total. The number of methoxy groups -OCH3 is 1. The summed E-state index contributed by atoms with van der Waals surface area (Å²) in [7, 11) is 3.14. The number of rotatable bonds is 11. The van der Waals surface area contributed by atoms with E-state index in [0.717, 1.165) is 12.8 Å². The lowest BCUT2D eigenvalue weighted by atomic mass is 9.88. The van der Waals surface area contributed by atoms with E-state index in [4.69, 9.17) is 20.9 Å². The Balaban J connectivity index is 1.72. The van der Waals surface area contributed by atoms with Crippen molar-refractivity contribution in [2.75, 3.05) is 39.6 Å². The topological polar surface area (TPSA) is 134 Å². The second kappa shape index (κ2) is 12.2. The van der Waals surface area contributed by atoms with Crippen molar-refractivity contribution in [1.29, 1.82) is 0 Å². The molecule has 9 nitrogen and oxygen atoms in total. The first-order valence-electron chi connectivity index (χ1n) is 12.7. The molecule has 4 rings (SSSR count). The number of ether oxygens (including phenoxy) is 2. The second-order valence-corrected chi connectivity index (χ2v) is 9.56. The number of nitrogen functional groups attached to an aromatic ring is 1. The van der Waals surface area contributed by atoms with Crippen LogP contribution in [0, 0.1) is 18.6 Å². The molecule has 0 unspecified atom stereocenters. The van der Waals surface area contributed by atoms with Gasteiger partial charge in [0, 0.05) is 31.4 Å². The van der Waals surface area contributed by atoms with Gasteiger partial charge < -0.3 is 25.8 Å². The number of halogens is 2. The maximum Gasteiger partial charge on any atom is 0.251 e. The molecule has 0 spiro atoms. The van der Waals surface area contributed by atoms with E-state index in [1.54, 1.807) is 26.1 Å². The molecule has 210 valence electrons. The Kier molecular flexibility index (Phi) is 8.73. The van der Waals surface area contributed by atoms with Gasteiger partial charge in [-0.15, -0.1) is 0 Å². The number of aromatic nitrogens is 2. The Morgan fingerprint density at radius 2 is 1.90 bits per heavy atom. The van der Waals surface area contributed by atoms with Crippen LogP contribution >= 0.6 is 0 Å². The summed E-state index contributed by atoms with van der Waals surface area (Å²) in [6, 6.07) is 5.54. The van der Waals surface area contributed by atoms with E-state index in [1.165, 1.54) is 42.6 Å². The van der Waals surface area contributed by atoms with Crippen molar-refractivity contribution < 1.29 is 27.8 Å². The third-order valence-corrected chi connectivity index (χ3v) is 6.76. The molecule has 0 atom stereocenters. The summed E-state index contributed by atoms with van der Waals surface area (Å²) in [6.07, 6.45) is 5.95. The zero-order valence-electron chi connectivity index (χ0n) is 22.5. The lowest BCUT2D eigenvalue weighted by Crippen LogP contribution is -2.29. The predicted octanol–water partition coefficient (Wildman–Crippen LogP) is 4.00. The summed E-state index contributed by atoms with van der Waals surface area (Å²) in [5.74, 6) is -2.35. The van der Waals surface area contributed by atoms with Gasteiger partial charge in [-0.1, -0.05) is 12.1 Å². The van der Waals surface area contributed by atoms with Gasteiger partial charge in [0.15, 0.2) is 11.6 Å².